The van der Waals surface area contributed by atoms with Crippen LogP contribution in [-0.4, -0.2) is 0 Å². The molecule has 1 rings (SSSR count). The number of benzene rings is 1. The molecule has 0 amide bonds. The molecule has 0 aliphatic heterocycles. The number of halogens is 2. The molecule has 1 nitrogen and oxygen atoms in total. The highest BCUT2D eigenvalue weighted by atomic mass is 35.5. The predicted octanol–water partition coefficient (Wildman–Crippen LogP) is 4.50. The maximum absolute atomic E-state index is 5.71. The van der Waals surface area contributed by atoms with Gasteiger partial charge in [-0.1, -0.05) is 57.0 Å². The van der Waals surface area contributed by atoms with E-state index in [1.165, 1.54) is 0 Å². The van der Waals surface area contributed by atoms with Gasteiger partial charge in [-0.3, -0.25) is 0 Å². The van der Waals surface area contributed by atoms with E-state index in [4.69, 9.17) is 28.9 Å². The fourth-order valence-corrected chi connectivity index (χ4v) is 0.987. The molecule has 0 unspecified atom stereocenters. The van der Waals surface area contributed by atoms with Crippen molar-refractivity contribution in [3.8, 4) is 0 Å². The van der Waals surface area contributed by atoms with Crippen molar-refractivity contribution in [3.05, 3.63) is 33.8 Å². The van der Waals surface area contributed by atoms with Crippen molar-refractivity contribution in [1.29, 1.82) is 0 Å². The Kier molecular flexibility index (Phi) is 12.5. The first kappa shape index (κ1) is 16.2. The van der Waals surface area contributed by atoms with Gasteiger partial charge in [0.05, 0.1) is 10.0 Å². The van der Waals surface area contributed by atoms with Gasteiger partial charge in [0.2, 0.25) is 0 Å². The maximum Gasteiger partial charge on any atom is 0.0595 e. The summed E-state index contributed by atoms with van der Waals surface area (Å²) in [5.74, 6) is 0. The molecule has 1 aromatic rings. The van der Waals surface area contributed by atoms with Crippen molar-refractivity contribution in [2.45, 2.75) is 34.2 Å². The standard InChI is InChI=1S/C7H7Cl2N.2C2H6/c8-6-2-1-5(4-10)3-7(6)9;2*1-2/h1-3H,4,10H2;2*1-2H3. The minimum Gasteiger partial charge on any atom is -0.326 e. The quantitative estimate of drug-likeness (QED) is 0.763. The average Bonchev–Trinajstić information content (AvgIpc) is 2.28. The Labute approximate surface area is 97.2 Å². The summed E-state index contributed by atoms with van der Waals surface area (Å²) in [7, 11) is 0. The second-order valence-corrected chi connectivity index (χ2v) is 2.77. The van der Waals surface area contributed by atoms with E-state index in [2.05, 4.69) is 0 Å². The molecule has 0 saturated heterocycles. The number of nitrogens with two attached hydrogens (primary N) is 1. The lowest BCUT2D eigenvalue weighted by atomic mass is 10.2. The van der Waals surface area contributed by atoms with Crippen LogP contribution in [0.4, 0.5) is 0 Å². The van der Waals surface area contributed by atoms with Crippen molar-refractivity contribution in [2.75, 3.05) is 0 Å². The SMILES string of the molecule is CC.CC.NCc1ccc(Cl)c(Cl)c1. The summed E-state index contributed by atoms with van der Waals surface area (Å²) in [6, 6.07) is 5.37. The largest absolute Gasteiger partial charge is 0.326 e. The Balaban J connectivity index is 0. The summed E-state index contributed by atoms with van der Waals surface area (Å²) in [6.45, 7) is 8.50. The van der Waals surface area contributed by atoms with Crippen molar-refractivity contribution in [2.24, 2.45) is 5.73 Å². The topological polar surface area (TPSA) is 26.0 Å². The monoisotopic (exact) mass is 235 g/mol. The van der Waals surface area contributed by atoms with Gasteiger partial charge in [-0.15, -0.1) is 0 Å². The Morgan fingerprint density at radius 1 is 1.00 bits per heavy atom. The third-order valence-corrected chi connectivity index (χ3v) is 1.96. The normalized spacial score (nSPS) is 7.93. The first-order chi connectivity index (χ1) is 6.74. The van der Waals surface area contributed by atoms with E-state index in [-0.39, 0.29) is 0 Å². The summed E-state index contributed by atoms with van der Waals surface area (Å²) in [5.41, 5.74) is 6.36. The molecule has 2 N–H and O–H groups in total. The second kappa shape index (κ2) is 10.8. The van der Waals surface area contributed by atoms with E-state index >= 15 is 0 Å². The zero-order valence-corrected chi connectivity index (χ0v) is 10.8. The molecule has 1 aromatic carbocycles. The maximum atomic E-state index is 5.71. The highest BCUT2D eigenvalue weighted by molar-refractivity contribution is 6.41. The van der Waals surface area contributed by atoms with Gasteiger partial charge in [0.15, 0.2) is 0 Å². The molecule has 0 bridgehead atoms. The first-order valence-electron chi connectivity index (χ1n) is 4.88. The van der Waals surface area contributed by atoms with Gasteiger partial charge in [0.1, 0.15) is 0 Å². The summed E-state index contributed by atoms with van der Waals surface area (Å²) < 4.78 is 0. The zero-order chi connectivity index (χ0) is 11.6. The van der Waals surface area contributed by atoms with Gasteiger partial charge in [0, 0.05) is 6.54 Å². The zero-order valence-electron chi connectivity index (χ0n) is 9.27. The number of hydrogen-bond acceptors (Lipinski definition) is 1. The molecule has 0 aliphatic rings. The molecule has 0 spiro atoms. The van der Waals surface area contributed by atoms with Crippen molar-refractivity contribution in [3.63, 3.8) is 0 Å². The van der Waals surface area contributed by atoms with Crippen LogP contribution in [-0.2, 0) is 6.54 Å². The van der Waals surface area contributed by atoms with E-state index < -0.39 is 0 Å². The molecular formula is C11H19Cl2N. The van der Waals surface area contributed by atoms with Gasteiger partial charge < -0.3 is 5.73 Å². The second-order valence-electron chi connectivity index (χ2n) is 1.95. The minimum absolute atomic E-state index is 0.497. The van der Waals surface area contributed by atoms with E-state index in [1.54, 1.807) is 12.1 Å². The van der Waals surface area contributed by atoms with Gasteiger partial charge in [-0.25, -0.2) is 0 Å². The van der Waals surface area contributed by atoms with Crippen molar-refractivity contribution >= 4 is 23.2 Å². The van der Waals surface area contributed by atoms with E-state index in [9.17, 15) is 0 Å². The summed E-state index contributed by atoms with van der Waals surface area (Å²) in [4.78, 5) is 0. The average molecular weight is 236 g/mol. The third kappa shape index (κ3) is 6.25. The van der Waals surface area contributed by atoms with Crippen molar-refractivity contribution < 1.29 is 0 Å². The molecule has 0 saturated carbocycles. The van der Waals surface area contributed by atoms with Crippen LogP contribution in [0.25, 0.3) is 0 Å². The van der Waals surface area contributed by atoms with Gasteiger partial charge in [-0.2, -0.15) is 0 Å². The highest BCUT2D eigenvalue weighted by Gasteiger charge is 1.96. The minimum atomic E-state index is 0.497. The molecule has 0 radical (unpaired) electrons. The van der Waals surface area contributed by atoms with E-state index in [0.717, 1.165) is 5.56 Å². The predicted molar refractivity (Wildman–Crippen MR) is 67.0 cm³/mol. The van der Waals surface area contributed by atoms with Gasteiger partial charge in [-0.05, 0) is 17.7 Å². The van der Waals surface area contributed by atoms with Gasteiger partial charge >= 0.3 is 0 Å². The van der Waals surface area contributed by atoms with Crippen LogP contribution in [0, 0.1) is 0 Å². The number of rotatable bonds is 1. The molecule has 0 heterocycles. The summed E-state index contributed by atoms with van der Waals surface area (Å²) in [5, 5.41) is 1.13. The molecule has 14 heavy (non-hydrogen) atoms. The van der Waals surface area contributed by atoms with Crippen LogP contribution in [0.2, 0.25) is 10.0 Å². The molecule has 0 fully saturated rings. The Hall–Kier alpha value is -0.240. The Bertz CT molecular complexity index is 237. The lowest BCUT2D eigenvalue weighted by Gasteiger charge is -1.97. The van der Waals surface area contributed by atoms with Crippen LogP contribution in [0.1, 0.15) is 33.3 Å². The van der Waals surface area contributed by atoms with Crippen LogP contribution in [0.15, 0.2) is 18.2 Å². The Morgan fingerprint density at radius 3 is 1.86 bits per heavy atom. The van der Waals surface area contributed by atoms with Gasteiger partial charge in [0.25, 0.3) is 0 Å². The van der Waals surface area contributed by atoms with Crippen LogP contribution in [0.3, 0.4) is 0 Å². The summed E-state index contributed by atoms with van der Waals surface area (Å²) >= 11 is 11.4. The smallest absolute Gasteiger partial charge is 0.0595 e. The third-order valence-electron chi connectivity index (χ3n) is 1.22. The fraction of sp³-hybridized carbons (Fsp3) is 0.455. The van der Waals surface area contributed by atoms with Crippen LogP contribution in [0.5, 0.6) is 0 Å². The molecule has 0 aromatic heterocycles. The van der Waals surface area contributed by atoms with E-state index in [1.807, 2.05) is 33.8 Å². The van der Waals surface area contributed by atoms with E-state index in [0.29, 0.717) is 16.6 Å². The Morgan fingerprint density at radius 2 is 1.50 bits per heavy atom. The molecule has 0 atom stereocenters. The number of hydrogen-bond donors (Lipinski definition) is 1. The molecule has 3 heteroatoms. The molecule has 0 aliphatic carbocycles. The fourth-order valence-electron chi connectivity index (χ4n) is 0.667. The molecule has 82 valence electrons. The summed E-state index contributed by atoms with van der Waals surface area (Å²) in [6.07, 6.45) is 0. The lowest BCUT2D eigenvalue weighted by molar-refractivity contribution is 1.07. The highest BCUT2D eigenvalue weighted by Crippen LogP contribution is 2.21. The van der Waals surface area contributed by atoms with Crippen LogP contribution < -0.4 is 5.73 Å². The lowest BCUT2D eigenvalue weighted by Crippen LogP contribution is -1.95. The first-order valence-corrected chi connectivity index (χ1v) is 5.63. The molecular weight excluding hydrogens is 217 g/mol. The van der Waals surface area contributed by atoms with Crippen LogP contribution >= 0.6 is 23.2 Å². The van der Waals surface area contributed by atoms with Crippen molar-refractivity contribution in [1.82, 2.24) is 0 Å².